The van der Waals surface area contributed by atoms with Crippen molar-refractivity contribution in [3.8, 4) is 0 Å². The van der Waals surface area contributed by atoms with Crippen LogP contribution < -0.4 is 0 Å². The molecular formula is C4H8O4S2. The van der Waals surface area contributed by atoms with E-state index in [1.54, 1.807) is 6.26 Å². The molecule has 0 aromatic rings. The second kappa shape index (κ2) is 3.68. The normalized spacial score (nSPS) is 36.2. The van der Waals surface area contributed by atoms with E-state index in [9.17, 15) is 8.76 Å². The van der Waals surface area contributed by atoms with Crippen LogP contribution in [0.5, 0.6) is 0 Å². The summed E-state index contributed by atoms with van der Waals surface area (Å²) in [7, 11) is 0. The highest BCUT2D eigenvalue weighted by Gasteiger charge is 2.26. The Bertz CT molecular complexity index is 137. The molecule has 0 spiro atoms. The molecule has 3 unspecified atom stereocenters. The molecule has 4 nitrogen and oxygen atoms in total. The monoisotopic (exact) mass is 184 g/mol. The highest BCUT2D eigenvalue weighted by molar-refractivity contribution is 7.90. The van der Waals surface area contributed by atoms with Crippen molar-refractivity contribution in [2.45, 2.75) is 6.10 Å². The molecule has 1 fully saturated rings. The van der Waals surface area contributed by atoms with Crippen LogP contribution >= 0.6 is 0 Å². The van der Waals surface area contributed by atoms with Crippen LogP contribution in [0.3, 0.4) is 0 Å². The number of hydrogen-bond donors (Lipinski definition) is 0. The van der Waals surface area contributed by atoms with Gasteiger partial charge in [-0.2, -0.15) is 4.21 Å². The van der Waals surface area contributed by atoms with Crippen LogP contribution in [0.2, 0.25) is 0 Å². The topological polar surface area (TPSA) is 58.6 Å². The van der Waals surface area contributed by atoms with Gasteiger partial charge in [-0.25, -0.2) is 0 Å². The predicted octanol–water partition coefficient (Wildman–Crippen LogP) is -0.641. The molecule has 0 saturated carbocycles. The van der Waals surface area contributed by atoms with Crippen molar-refractivity contribution in [2.24, 2.45) is 0 Å². The van der Waals surface area contributed by atoms with Gasteiger partial charge in [-0.1, -0.05) is 11.2 Å². The van der Waals surface area contributed by atoms with E-state index >= 15 is 0 Å². The highest BCUT2D eigenvalue weighted by Crippen LogP contribution is 2.09. The summed E-state index contributed by atoms with van der Waals surface area (Å²) in [5, 5.41) is 0. The average molecular weight is 184 g/mol. The average Bonchev–Trinajstić information content (AvgIpc) is 2.13. The van der Waals surface area contributed by atoms with E-state index in [1.807, 2.05) is 0 Å². The van der Waals surface area contributed by atoms with Crippen LogP contribution in [0.4, 0.5) is 0 Å². The molecule has 1 aliphatic heterocycles. The predicted molar refractivity (Wildman–Crippen MR) is 37.9 cm³/mol. The molecule has 60 valence electrons. The fourth-order valence-corrected chi connectivity index (χ4v) is 2.07. The van der Waals surface area contributed by atoms with Crippen LogP contribution in [0.1, 0.15) is 0 Å². The zero-order valence-electron chi connectivity index (χ0n) is 5.44. The molecule has 0 N–H and O–H groups in total. The lowest BCUT2D eigenvalue weighted by Crippen LogP contribution is -2.21. The van der Waals surface area contributed by atoms with Gasteiger partial charge < -0.3 is 4.55 Å². The second-order valence-corrected chi connectivity index (χ2v) is 4.26. The molecule has 3 atom stereocenters. The van der Waals surface area contributed by atoms with Crippen LogP contribution in [-0.4, -0.2) is 33.5 Å². The Hall–Kier alpha value is 0.380. The van der Waals surface area contributed by atoms with Crippen molar-refractivity contribution in [2.75, 3.05) is 18.6 Å². The van der Waals surface area contributed by atoms with E-state index in [4.69, 9.17) is 4.18 Å². The highest BCUT2D eigenvalue weighted by atomic mass is 32.2. The third-order valence-electron chi connectivity index (χ3n) is 0.985. The Morgan fingerprint density at radius 1 is 1.90 bits per heavy atom. The van der Waals surface area contributed by atoms with Crippen LogP contribution in [0.25, 0.3) is 0 Å². The maximum absolute atomic E-state index is 10.6. The number of rotatable bonds is 2. The molecule has 1 rings (SSSR count). The van der Waals surface area contributed by atoms with Gasteiger partial charge in [0, 0.05) is 0 Å². The van der Waals surface area contributed by atoms with E-state index in [0.29, 0.717) is 5.75 Å². The summed E-state index contributed by atoms with van der Waals surface area (Å²) in [5.74, 6) is 0.395. The second-order valence-electron chi connectivity index (χ2n) is 1.95. The molecule has 0 aromatic carbocycles. The van der Waals surface area contributed by atoms with Crippen LogP contribution in [0.15, 0.2) is 0 Å². The Balaban J connectivity index is 2.24. The summed E-state index contributed by atoms with van der Waals surface area (Å²) in [4.78, 5) is 0. The van der Waals surface area contributed by atoms with Gasteiger partial charge in [0.15, 0.2) is 0 Å². The van der Waals surface area contributed by atoms with E-state index < -0.39 is 22.5 Å². The molecule has 0 radical (unpaired) electrons. The minimum atomic E-state index is -1.60. The van der Waals surface area contributed by atoms with Gasteiger partial charge in [0.1, 0.15) is 11.9 Å². The van der Waals surface area contributed by atoms with Gasteiger partial charge in [-0.05, 0) is 0 Å². The van der Waals surface area contributed by atoms with E-state index in [1.165, 1.54) is 0 Å². The maximum atomic E-state index is 10.6. The van der Waals surface area contributed by atoms with Gasteiger partial charge in [-0.15, -0.1) is 0 Å². The minimum Gasteiger partial charge on any atom is -0.616 e. The molecule has 1 aliphatic rings. The first-order valence-electron chi connectivity index (χ1n) is 2.70. The summed E-state index contributed by atoms with van der Waals surface area (Å²) >= 11 is -2.51. The van der Waals surface area contributed by atoms with Crippen molar-refractivity contribution >= 4 is 22.5 Å². The Labute approximate surface area is 64.9 Å². The Morgan fingerprint density at radius 3 is 3.00 bits per heavy atom. The van der Waals surface area contributed by atoms with Crippen molar-refractivity contribution in [1.82, 2.24) is 0 Å². The minimum absolute atomic E-state index is 0.258. The summed E-state index contributed by atoms with van der Waals surface area (Å²) in [6, 6.07) is 0. The molecular weight excluding hydrogens is 176 g/mol. The fourth-order valence-electron chi connectivity index (χ4n) is 0.636. The molecule has 6 heteroatoms. The summed E-state index contributed by atoms with van der Waals surface area (Å²) in [6.45, 7) is 0.284. The third kappa shape index (κ3) is 2.55. The van der Waals surface area contributed by atoms with Crippen molar-refractivity contribution < 1.29 is 17.1 Å². The maximum Gasteiger partial charge on any atom is 0.305 e. The van der Waals surface area contributed by atoms with Crippen molar-refractivity contribution in [1.29, 1.82) is 0 Å². The Kier molecular flexibility index (Phi) is 3.12. The first-order valence-corrected chi connectivity index (χ1v) is 5.43. The van der Waals surface area contributed by atoms with E-state index in [-0.39, 0.29) is 12.7 Å². The van der Waals surface area contributed by atoms with Gasteiger partial charge in [0.25, 0.3) is 0 Å². The molecule has 0 aromatic heterocycles. The molecule has 1 saturated heterocycles. The largest absolute Gasteiger partial charge is 0.616 e. The zero-order valence-corrected chi connectivity index (χ0v) is 7.07. The molecule has 0 bridgehead atoms. The summed E-state index contributed by atoms with van der Waals surface area (Å²) < 4.78 is 30.3. The lowest BCUT2D eigenvalue weighted by molar-refractivity contribution is 0.264. The first-order chi connectivity index (χ1) is 4.68. The molecule has 0 aliphatic carbocycles. The molecule has 0 amide bonds. The van der Waals surface area contributed by atoms with Gasteiger partial charge in [0.05, 0.1) is 12.9 Å². The van der Waals surface area contributed by atoms with Crippen LogP contribution in [0, 0.1) is 0 Å². The SMILES string of the molecule is C[S+]([O-])CC1COS(=O)O1. The van der Waals surface area contributed by atoms with Crippen molar-refractivity contribution in [3.63, 3.8) is 0 Å². The molecule has 1 heterocycles. The molecule has 10 heavy (non-hydrogen) atoms. The van der Waals surface area contributed by atoms with Crippen molar-refractivity contribution in [3.05, 3.63) is 0 Å². The van der Waals surface area contributed by atoms with Crippen LogP contribution in [-0.2, 0) is 30.9 Å². The van der Waals surface area contributed by atoms with E-state index in [2.05, 4.69) is 4.18 Å². The fraction of sp³-hybridized carbons (Fsp3) is 1.00. The van der Waals surface area contributed by atoms with Gasteiger partial charge >= 0.3 is 11.4 Å². The van der Waals surface area contributed by atoms with Gasteiger partial charge in [-0.3, -0.25) is 8.37 Å². The Morgan fingerprint density at radius 2 is 2.60 bits per heavy atom. The number of hydrogen-bond acceptors (Lipinski definition) is 4. The smallest absolute Gasteiger partial charge is 0.305 e. The lowest BCUT2D eigenvalue weighted by Gasteiger charge is -2.06. The lowest BCUT2D eigenvalue weighted by atomic mass is 10.4. The van der Waals surface area contributed by atoms with Gasteiger partial charge in [0.2, 0.25) is 0 Å². The third-order valence-corrected chi connectivity index (χ3v) is 2.58. The first kappa shape index (κ1) is 8.48. The summed E-state index contributed by atoms with van der Waals surface area (Å²) in [5.41, 5.74) is 0. The zero-order chi connectivity index (χ0) is 7.56. The summed E-state index contributed by atoms with van der Waals surface area (Å²) in [6.07, 6.45) is 1.32. The van der Waals surface area contributed by atoms with E-state index in [0.717, 1.165) is 0 Å². The quantitative estimate of drug-likeness (QED) is 0.536. The standard InChI is InChI=1S/C4H8O4S2/c1-9(5)3-4-2-7-10(6)8-4/h4H,2-3H2,1H3.